The molecule has 0 aliphatic rings. The van der Waals surface area contributed by atoms with E-state index in [1.165, 1.54) is 0 Å². The molecule has 0 radical (unpaired) electrons. The van der Waals surface area contributed by atoms with E-state index in [0.29, 0.717) is 5.92 Å². The van der Waals surface area contributed by atoms with Gasteiger partial charge >= 0.3 is 0 Å². The van der Waals surface area contributed by atoms with Crippen LogP contribution < -0.4 is 0 Å². The molecule has 0 aliphatic carbocycles. The van der Waals surface area contributed by atoms with Crippen LogP contribution in [0.4, 0.5) is 0 Å². The zero-order valence-corrected chi connectivity index (χ0v) is 11.8. The lowest BCUT2D eigenvalue weighted by Crippen LogP contribution is -2.41. The molecule has 92 valence electrons. The molecule has 0 rings (SSSR count). The van der Waals surface area contributed by atoms with E-state index in [-0.39, 0.29) is 17.5 Å². The van der Waals surface area contributed by atoms with Crippen LogP contribution in [0, 0.1) is 5.92 Å². The minimum Gasteiger partial charge on any atom is -0.568 e. The molecule has 0 atom stereocenters. The molecular formula is C12H28BO2-. The summed E-state index contributed by atoms with van der Waals surface area (Å²) in [6.07, 6.45) is 0.476. The summed E-state index contributed by atoms with van der Waals surface area (Å²) in [6.45, 7) is 17.2. The molecular weight excluding hydrogens is 187 g/mol. The molecule has 0 fully saturated rings. The topological polar surface area (TPSA) is 18.5 Å². The molecule has 0 saturated heterocycles. The van der Waals surface area contributed by atoms with E-state index in [9.17, 15) is 0 Å². The fraction of sp³-hybridized carbons (Fsp3) is 1.00. The Hall–Kier alpha value is -0.0151. The van der Waals surface area contributed by atoms with E-state index in [1.54, 1.807) is 0 Å². The Bertz CT molecular complexity index is 166. The van der Waals surface area contributed by atoms with Crippen molar-refractivity contribution in [2.45, 2.75) is 72.9 Å². The molecule has 0 aliphatic heterocycles. The molecule has 0 saturated carbocycles. The second kappa shape index (κ2) is 5.90. The van der Waals surface area contributed by atoms with Gasteiger partial charge in [0.2, 0.25) is 7.12 Å². The average Bonchev–Trinajstić information content (AvgIpc) is 2.00. The highest BCUT2D eigenvalue weighted by molar-refractivity contribution is 6.48. The Balaban J connectivity index is 4.60. The van der Waals surface area contributed by atoms with Crippen molar-refractivity contribution in [3.8, 4) is 0 Å². The van der Waals surface area contributed by atoms with Crippen LogP contribution in [-0.4, -0.2) is 19.3 Å². The van der Waals surface area contributed by atoms with Gasteiger partial charge in [-0.2, -0.15) is 0 Å². The Morgan fingerprint density at radius 1 is 0.800 bits per heavy atom. The van der Waals surface area contributed by atoms with E-state index >= 15 is 0 Å². The first-order valence-corrected chi connectivity index (χ1v) is 6.16. The molecule has 0 N–H and O–H groups in total. The van der Waals surface area contributed by atoms with Gasteiger partial charge in [0.25, 0.3) is 0 Å². The lowest BCUT2D eigenvalue weighted by Gasteiger charge is -2.46. The number of hydrogen-bond donors (Lipinski definition) is 0. The van der Waals surface area contributed by atoms with Crippen LogP contribution >= 0.6 is 0 Å². The summed E-state index contributed by atoms with van der Waals surface area (Å²) in [4.78, 5) is 0. The molecule has 0 aromatic rings. The Labute approximate surface area is 95.9 Å². The third kappa shape index (κ3) is 5.03. The van der Waals surface area contributed by atoms with Crippen molar-refractivity contribution in [2.24, 2.45) is 5.92 Å². The quantitative estimate of drug-likeness (QED) is 0.631. The van der Waals surface area contributed by atoms with Crippen molar-refractivity contribution < 1.29 is 9.31 Å². The molecule has 0 aromatic carbocycles. The third-order valence-corrected chi connectivity index (χ3v) is 3.28. The fourth-order valence-corrected chi connectivity index (χ4v) is 1.41. The van der Waals surface area contributed by atoms with Crippen molar-refractivity contribution in [2.75, 3.05) is 0 Å². The SMILES string of the molecule is CC(C)O[BH-](OC(C)C)C(C)(C)C(C)C. The standard InChI is InChI=1S/C12H28BO2/c1-9(2)12(7,8)13(14-10(3)4)15-11(5)6/h9-11,13H,1-8H3/q-1. The second-order valence-corrected chi connectivity index (χ2v) is 5.98. The van der Waals surface area contributed by atoms with Crippen molar-refractivity contribution in [3.05, 3.63) is 0 Å². The maximum Gasteiger partial charge on any atom is 0.231 e. The first-order chi connectivity index (χ1) is 6.67. The van der Waals surface area contributed by atoms with Crippen LogP contribution in [-0.2, 0) is 9.31 Å². The smallest absolute Gasteiger partial charge is 0.231 e. The molecule has 2 nitrogen and oxygen atoms in total. The van der Waals surface area contributed by atoms with Crippen LogP contribution in [0.1, 0.15) is 55.4 Å². The molecule has 0 heterocycles. The first-order valence-electron chi connectivity index (χ1n) is 6.16. The first kappa shape index (κ1) is 15.0. The Kier molecular flexibility index (Phi) is 5.90. The predicted octanol–water partition coefficient (Wildman–Crippen LogP) is 3.49. The highest BCUT2D eigenvalue weighted by Gasteiger charge is 2.29. The van der Waals surface area contributed by atoms with Crippen molar-refractivity contribution in [1.29, 1.82) is 0 Å². The third-order valence-electron chi connectivity index (χ3n) is 3.28. The lowest BCUT2D eigenvalue weighted by atomic mass is 9.54. The zero-order valence-electron chi connectivity index (χ0n) is 11.8. The van der Waals surface area contributed by atoms with E-state index in [2.05, 4.69) is 55.4 Å². The van der Waals surface area contributed by atoms with Gasteiger partial charge < -0.3 is 9.31 Å². The lowest BCUT2D eigenvalue weighted by molar-refractivity contribution is 0.106. The summed E-state index contributed by atoms with van der Waals surface area (Å²) in [5.41, 5.74) is 0. The molecule has 0 spiro atoms. The summed E-state index contributed by atoms with van der Waals surface area (Å²) in [7, 11) is -1.02. The largest absolute Gasteiger partial charge is 0.568 e. The summed E-state index contributed by atoms with van der Waals surface area (Å²) >= 11 is 0. The van der Waals surface area contributed by atoms with Crippen LogP contribution in [0.25, 0.3) is 0 Å². The van der Waals surface area contributed by atoms with Crippen molar-refractivity contribution >= 4 is 7.12 Å². The van der Waals surface area contributed by atoms with E-state index in [1.807, 2.05) is 0 Å². The fourth-order valence-electron chi connectivity index (χ4n) is 1.41. The van der Waals surface area contributed by atoms with Gasteiger partial charge in [0.1, 0.15) is 0 Å². The van der Waals surface area contributed by atoms with Gasteiger partial charge in [-0.25, -0.2) is 0 Å². The minimum atomic E-state index is -1.02. The maximum absolute atomic E-state index is 5.95. The Morgan fingerprint density at radius 2 is 1.13 bits per heavy atom. The Morgan fingerprint density at radius 3 is 1.33 bits per heavy atom. The van der Waals surface area contributed by atoms with Crippen LogP contribution in [0.5, 0.6) is 0 Å². The monoisotopic (exact) mass is 215 g/mol. The highest BCUT2D eigenvalue weighted by Crippen LogP contribution is 2.39. The molecule has 3 heteroatoms. The van der Waals surface area contributed by atoms with Crippen molar-refractivity contribution in [3.63, 3.8) is 0 Å². The minimum absolute atomic E-state index is 0.120. The molecule has 0 aromatic heterocycles. The van der Waals surface area contributed by atoms with Gasteiger partial charge in [-0.1, -0.05) is 33.6 Å². The molecule has 0 unspecified atom stereocenters. The van der Waals surface area contributed by atoms with Gasteiger partial charge in [0.05, 0.1) is 0 Å². The maximum atomic E-state index is 5.95. The van der Waals surface area contributed by atoms with Crippen LogP contribution in [0.15, 0.2) is 0 Å². The molecule has 15 heavy (non-hydrogen) atoms. The zero-order chi connectivity index (χ0) is 12.2. The van der Waals surface area contributed by atoms with Gasteiger partial charge in [-0.15, -0.1) is 5.31 Å². The molecule has 0 amide bonds. The summed E-state index contributed by atoms with van der Waals surface area (Å²) < 4.78 is 11.9. The summed E-state index contributed by atoms with van der Waals surface area (Å²) in [5.74, 6) is 0.565. The summed E-state index contributed by atoms with van der Waals surface area (Å²) in [5, 5.41) is 0.120. The highest BCUT2D eigenvalue weighted by atomic mass is 16.6. The van der Waals surface area contributed by atoms with Crippen LogP contribution in [0.3, 0.4) is 0 Å². The molecule has 0 bridgehead atoms. The number of hydrogen-bond acceptors (Lipinski definition) is 2. The van der Waals surface area contributed by atoms with E-state index < -0.39 is 7.12 Å². The number of rotatable bonds is 6. The van der Waals surface area contributed by atoms with E-state index in [0.717, 1.165) is 0 Å². The normalized spacial score (nSPS) is 13.6. The second-order valence-electron chi connectivity index (χ2n) is 5.98. The van der Waals surface area contributed by atoms with Crippen LogP contribution in [0.2, 0.25) is 5.31 Å². The van der Waals surface area contributed by atoms with Gasteiger partial charge in [0, 0.05) is 12.2 Å². The van der Waals surface area contributed by atoms with Gasteiger partial charge in [-0.3, -0.25) is 0 Å². The van der Waals surface area contributed by atoms with E-state index in [4.69, 9.17) is 9.31 Å². The average molecular weight is 215 g/mol. The predicted molar refractivity (Wildman–Crippen MR) is 68.5 cm³/mol. The van der Waals surface area contributed by atoms with Gasteiger partial charge in [-0.05, 0) is 27.7 Å². The van der Waals surface area contributed by atoms with Crippen molar-refractivity contribution in [1.82, 2.24) is 0 Å². The summed E-state index contributed by atoms with van der Waals surface area (Å²) in [6, 6.07) is 0. The van der Waals surface area contributed by atoms with Gasteiger partial charge in [0.15, 0.2) is 0 Å².